The molecule has 0 spiro atoms. The lowest BCUT2D eigenvalue weighted by molar-refractivity contribution is 0.0450. The van der Waals surface area contributed by atoms with Gasteiger partial charge in [-0.2, -0.15) is 0 Å². The monoisotopic (exact) mass is 358 g/mol. The van der Waals surface area contributed by atoms with Gasteiger partial charge in [-0.05, 0) is 25.8 Å². The van der Waals surface area contributed by atoms with Gasteiger partial charge in [0.15, 0.2) is 11.5 Å². The van der Waals surface area contributed by atoms with Crippen LogP contribution in [0.4, 0.5) is 0 Å². The minimum absolute atomic E-state index is 0.0239. The maximum absolute atomic E-state index is 12.6. The number of ketones is 1. The van der Waals surface area contributed by atoms with Gasteiger partial charge in [0, 0.05) is 12.0 Å². The molecule has 0 unspecified atom stereocenters. The summed E-state index contributed by atoms with van der Waals surface area (Å²) in [6, 6.07) is 8.84. The Morgan fingerprint density at radius 2 is 1.50 bits per heavy atom. The highest BCUT2D eigenvalue weighted by molar-refractivity contribution is 6.12. The van der Waals surface area contributed by atoms with E-state index in [2.05, 4.69) is 0 Å². The van der Waals surface area contributed by atoms with E-state index in [1.807, 2.05) is 13.0 Å². The van der Waals surface area contributed by atoms with E-state index in [-0.39, 0.29) is 48.1 Å². The van der Waals surface area contributed by atoms with Crippen molar-refractivity contribution in [2.45, 2.75) is 33.6 Å². The lowest BCUT2D eigenvalue weighted by Gasteiger charge is -2.06. The number of ether oxygens (including phenoxy) is 2. The third-order valence-electron chi connectivity index (χ3n) is 3.64. The third kappa shape index (κ3) is 4.02. The first-order valence-corrected chi connectivity index (χ1v) is 8.64. The van der Waals surface area contributed by atoms with Crippen molar-refractivity contribution in [3.8, 4) is 11.1 Å². The molecular weight excluding hydrogens is 336 g/mol. The van der Waals surface area contributed by atoms with Gasteiger partial charge in [0.25, 0.3) is 0 Å². The molecule has 0 aliphatic rings. The largest absolute Gasteiger partial charge is 0.462 e. The molecule has 1 aromatic heterocycles. The molecule has 2 rings (SSSR count). The number of furan rings is 1. The Morgan fingerprint density at radius 3 is 2.08 bits per heavy atom. The predicted octanol–water partition coefficient (Wildman–Crippen LogP) is 4.28. The Morgan fingerprint density at radius 1 is 0.885 bits per heavy atom. The molecule has 2 aromatic rings. The summed E-state index contributed by atoms with van der Waals surface area (Å²) in [7, 11) is 0. The summed E-state index contributed by atoms with van der Waals surface area (Å²) in [4.78, 5) is 37.4. The van der Waals surface area contributed by atoms with Crippen LogP contribution in [0, 0.1) is 0 Å². The zero-order valence-corrected chi connectivity index (χ0v) is 15.2. The van der Waals surface area contributed by atoms with Crippen LogP contribution in [0.1, 0.15) is 65.1 Å². The lowest BCUT2D eigenvalue weighted by Crippen LogP contribution is -2.13. The van der Waals surface area contributed by atoms with E-state index < -0.39 is 11.9 Å². The minimum Gasteiger partial charge on any atom is -0.462 e. The average Bonchev–Trinajstić information content (AvgIpc) is 3.04. The molecule has 0 aliphatic heterocycles. The zero-order chi connectivity index (χ0) is 19.1. The Balaban J connectivity index is 2.75. The minimum atomic E-state index is -0.803. The standard InChI is InChI=1S/C20H22O6/c1-4-10-14(21)17-15(13-11-8-7-9-12-13)16(19(22)24-5-2)18(26-17)20(23)25-6-3/h7-9,11-12H,4-6,10H2,1-3H3. The fourth-order valence-corrected chi connectivity index (χ4v) is 2.59. The van der Waals surface area contributed by atoms with Gasteiger partial charge in [-0.1, -0.05) is 37.3 Å². The Labute approximate surface area is 152 Å². The lowest BCUT2D eigenvalue weighted by atomic mass is 9.97. The fraction of sp³-hybridized carbons (Fsp3) is 0.350. The van der Waals surface area contributed by atoms with Crippen LogP contribution in [0.25, 0.3) is 11.1 Å². The first-order chi connectivity index (χ1) is 12.5. The molecule has 1 heterocycles. The van der Waals surface area contributed by atoms with Gasteiger partial charge in [-0.15, -0.1) is 0 Å². The summed E-state index contributed by atoms with van der Waals surface area (Å²) >= 11 is 0. The van der Waals surface area contributed by atoms with Crippen LogP contribution in [0.5, 0.6) is 0 Å². The molecule has 0 atom stereocenters. The molecular formula is C20H22O6. The summed E-state index contributed by atoms with van der Waals surface area (Å²) in [6.45, 7) is 5.40. The molecule has 1 aromatic carbocycles. The number of esters is 2. The van der Waals surface area contributed by atoms with Crippen LogP contribution in [0.3, 0.4) is 0 Å². The highest BCUT2D eigenvalue weighted by Crippen LogP contribution is 2.35. The molecule has 0 N–H and O–H groups in total. The number of Topliss-reactive ketones (excluding diaryl/α,β-unsaturated/α-hetero) is 1. The molecule has 0 bridgehead atoms. The van der Waals surface area contributed by atoms with E-state index in [1.54, 1.807) is 38.1 Å². The van der Waals surface area contributed by atoms with Crippen molar-refractivity contribution in [1.29, 1.82) is 0 Å². The highest BCUT2D eigenvalue weighted by atomic mass is 16.5. The van der Waals surface area contributed by atoms with E-state index in [1.165, 1.54) is 0 Å². The smallest absolute Gasteiger partial charge is 0.375 e. The van der Waals surface area contributed by atoms with Crippen LogP contribution >= 0.6 is 0 Å². The first-order valence-electron chi connectivity index (χ1n) is 8.64. The van der Waals surface area contributed by atoms with E-state index in [4.69, 9.17) is 13.9 Å². The van der Waals surface area contributed by atoms with Crippen LogP contribution < -0.4 is 0 Å². The van der Waals surface area contributed by atoms with Gasteiger partial charge in [0.2, 0.25) is 5.76 Å². The van der Waals surface area contributed by atoms with Crippen LogP contribution in [-0.4, -0.2) is 30.9 Å². The predicted molar refractivity (Wildman–Crippen MR) is 95.3 cm³/mol. The molecule has 0 radical (unpaired) electrons. The molecule has 6 heteroatoms. The fourth-order valence-electron chi connectivity index (χ4n) is 2.59. The quantitative estimate of drug-likeness (QED) is 0.517. The summed E-state index contributed by atoms with van der Waals surface area (Å²) < 4.78 is 15.7. The maximum Gasteiger partial charge on any atom is 0.375 e. The summed E-state index contributed by atoms with van der Waals surface area (Å²) in [5.74, 6) is -2.14. The van der Waals surface area contributed by atoms with E-state index in [9.17, 15) is 14.4 Å². The van der Waals surface area contributed by atoms with Gasteiger partial charge >= 0.3 is 11.9 Å². The maximum atomic E-state index is 12.6. The van der Waals surface area contributed by atoms with Gasteiger partial charge in [0.05, 0.1) is 13.2 Å². The summed E-state index contributed by atoms with van der Waals surface area (Å²) in [6.07, 6.45) is 0.842. The Hall–Kier alpha value is -2.89. The summed E-state index contributed by atoms with van der Waals surface area (Å²) in [5.41, 5.74) is 0.788. The SMILES string of the molecule is CCCC(=O)c1oc(C(=O)OCC)c(C(=O)OCC)c1-c1ccccc1. The van der Waals surface area contributed by atoms with E-state index in [0.29, 0.717) is 12.0 Å². The van der Waals surface area contributed by atoms with Crippen molar-refractivity contribution in [3.63, 3.8) is 0 Å². The van der Waals surface area contributed by atoms with Gasteiger partial charge < -0.3 is 13.9 Å². The molecule has 6 nitrogen and oxygen atoms in total. The topological polar surface area (TPSA) is 82.8 Å². The number of hydrogen-bond donors (Lipinski definition) is 0. The van der Waals surface area contributed by atoms with Crippen molar-refractivity contribution in [1.82, 2.24) is 0 Å². The third-order valence-corrected chi connectivity index (χ3v) is 3.64. The summed E-state index contributed by atoms with van der Waals surface area (Å²) in [5, 5.41) is 0. The van der Waals surface area contributed by atoms with Crippen molar-refractivity contribution in [2.24, 2.45) is 0 Å². The average molecular weight is 358 g/mol. The number of carbonyl (C=O) groups is 3. The molecule has 0 fully saturated rings. The van der Waals surface area contributed by atoms with Gasteiger partial charge in [-0.3, -0.25) is 4.79 Å². The Bertz CT molecular complexity index is 788. The van der Waals surface area contributed by atoms with Crippen LogP contribution in [-0.2, 0) is 9.47 Å². The van der Waals surface area contributed by atoms with E-state index >= 15 is 0 Å². The van der Waals surface area contributed by atoms with Crippen LogP contribution in [0.2, 0.25) is 0 Å². The molecule has 26 heavy (non-hydrogen) atoms. The van der Waals surface area contributed by atoms with Crippen molar-refractivity contribution < 1.29 is 28.3 Å². The number of carbonyl (C=O) groups excluding carboxylic acids is 3. The van der Waals surface area contributed by atoms with Crippen molar-refractivity contribution in [2.75, 3.05) is 13.2 Å². The van der Waals surface area contributed by atoms with Crippen LogP contribution in [0.15, 0.2) is 34.7 Å². The molecule has 0 saturated heterocycles. The molecule has 0 amide bonds. The molecule has 0 saturated carbocycles. The number of benzene rings is 1. The second-order valence-electron chi connectivity index (χ2n) is 5.49. The van der Waals surface area contributed by atoms with E-state index in [0.717, 1.165) is 0 Å². The number of rotatable bonds is 8. The highest BCUT2D eigenvalue weighted by Gasteiger charge is 2.34. The zero-order valence-electron chi connectivity index (χ0n) is 15.2. The molecule has 138 valence electrons. The first kappa shape index (κ1) is 19.4. The van der Waals surface area contributed by atoms with Gasteiger partial charge in [-0.25, -0.2) is 9.59 Å². The molecule has 0 aliphatic carbocycles. The normalized spacial score (nSPS) is 10.4. The Kier molecular flexibility index (Phi) is 6.72. The second kappa shape index (κ2) is 8.99. The van der Waals surface area contributed by atoms with Crippen molar-refractivity contribution in [3.05, 3.63) is 47.4 Å². The van der Waals surface area contributed by atoms with Gasteiger partial charge in [0.1, 0.15) is 5.56 Å². The number of hydrogen-bond acceptors (Lipinski definition) is 6. The second-order valence-corrected chi connectivity index (χ2v) is 5.49. The van der Waals surface area contributed by atoms with Crippen molar-refractivity contribution >= 4 is 17.7 Å².